The number of nitrogens with one attached hydrogen (secondary N) is 2. The Hall–Kier alpha value is -2.77. The quantitative estimate of drug-likeness (QED) is 0.182. The molecule has 0 heterocycles. The van der Waals surface area contributed by atoms with E-state index in [0.29, 0.717) is 30.6 Å². The third-order valence-corrected chi connectivity index (χ3v) is 6.84. The molecule has 0 saturated carbocycles. The van der Waals surface area contributed by atoms with Crippen molar-refractivity contribution in [2.75, 3.05) is 13.1 Å². The number of aromatic hydroxyl groups is 1. The molecule has 8 nitrogen and oxygen atoms in total. The van der Waals surface area contributed by atoms with Crippen molar-refractivity contribution < 1.29 is 24.2 Å². The highest BCUT2D eigenvalue weighted by atomic mass is 16.6. The minimum Gasteiger partial charge on any atom is -0.507 e. The van der Waals surface area contributed by atoms with E-state index in [-0.39, 0.29) is 23.5 Å². The zero-order valence-electron chi connectivity index (χ0n) is 26.3. The number of hydrogen-bond acceptors (Lipinski definition) is 5. The summed E-state index contributed by atoms with van der Waals surface area (Å²) in [5, 5.41) is 16.8. The Kier molecular flexibility index (Phi) is 15.7. The molecule has 0 bridgehead atoms. The molecule has 0 aromatic heterocycles. The predicted molar refractivity (Wildman–Crippen MR) is 161 cm³/mol. The molecule has 0 saturated heterocycles. The number of unbranched alkanes of at least 4 members (excludes halogenated alkanes) is 7. The van der Waals surface area contributed by atoms with Crippen LogP contribution >= 0.6 is 0 Å². The van der Waals surface area contributed by atoms with Crippen molar-refractivity contribution in [3.63, 3.8) is 0 Å². The van der Waals surface area contributed by atoms with E-state index in [1.54, 1.807) is 50.8 Å². The molecule has 8 heteroatoms. The van der Waals surface area contributed by atoms with Crippen molar-refractivity contribution in [2.24, 2.45) is 5.92 Å². The number of phenols is 1. The van der Waals surface area contributed by atoms with Gasteiger partial charge in [-0.25, -0.2) is 4.79 Å². The number of aryl methyl sites for hydroxylation is 1. The van der Waals surface area contributed by atoms with E-state index in [1.165, 1.54) is 0 Å². The van der Waals surface area contributed by atoms with Gasteiger partial charge in [0.1, 0.15) is 23.4 Å². The maximum Gasteiger partial charge on any atom is 0.408 e. The van der Waals surface area contributed by atoms with Crippen molar-refractivity contribution in [3.05, 3.63) is 29.3 Å². The number of para-hydroxylation sites is 1. The number of carbonyl (C=O) groups excluding carboxylic acids is 3. The fraction of sp³-hybridized carbons (Fsp3) is 0.719. The SMILES string of the molecule is CCCCCCCCN(C(=O)C(NC(=O)OC(C)(C)C)C(C)C)C(C(=O)NCCCCC)c1cccc(C)c1O. The number of alkyl carbamates (subject to hydrolysis) is 1. The summed E-state index contributed by atoms with van der Waals surface area (Å²) in [5.74, 6) is -0.968. The summed E-state index contributed by atoms with van der Waals surface area (Å²) >= 11 is 0. The van der Waals surface area contributed by atoms with E-state index in [4.69, 9.17) is 4.74 Å². The normalized spacial score (nSPS) is 13.0. The lowest BCUT2D eigenvalue weighted by Gasteiger charge is -2.36. The van der Waals surface area contributed by atoms with Crippen molar-refractivity contribution in [1.29, 1.82) is 0 Å². The van der Waals surface area contributed by atoms with E-state index in [1.807, 2.05) is 13.8 Å². The van der Waals surface area contributed by atoms with Gasteiger partial charge >= 0.3 is 6.09 Å². The smallest absolute Gasteiger partial charge is 0.408 e. The molecule has 3 N–H and O–H groups in total. The van der Waals surface area contributed by atoms with Crippen LogP contribution in [0.2, 0.25) is 0 Å². The molecular formula is C32H55N3O5. The summed E-state index contributed by atoms with van der Waals surface area (Å²) in [6.45, 7) is 15.9. The Morgan fingerprint density at radius 2 is 1.55 bits per heavy atom. The monoisotopic (exact) mass is 561 g/mol. The van der Waals surface area contributed by atoms with Gasteiger partial charge in [-0.1, -0.05) is 90.8 Å². The Bertz CT molecular complexity index is 926. The molecule has 2 unspecified atom stereocenters. The summed E-state index contributed by atoms with van der Waals surface area (Å²) in [4.78, 5) is 42.3. The first kappa shape index (κ1) is 35.3. The first-order chi connectivity index (χ1) is 18.8. The minimum absolute atomic E-state index is 0.00171. The van der Waals surface area contributed by atoms with E-state index in [0.717, 1.165) is 51.4 Å². The second-order valence-electron chi connectivity index (χ2n) is 12.1. The molecule has 0 aliphatic rings. The molecule has 40 heavy (non-hydrogen) atoms. The second-order valence-corrected chi connectivity index (χ2v) is 12.1. The topological polar surface area (TPSA) is 108 Å². The molecule has 0 radical (unpaired) electrons. The molecule has 1 aromatic carbocycles. The highest BCUT2D eigenvalue weighted by Crippen LogP contribution is 2.33. The fourth-order valence-electron chi connectivity index (χ4n) is 4.59. The van der Waals surface area contributed by atoms with Crippen LogP contribution in [-0.4, -0.2) is 52.6 Å². The van der Waals surface area contributed by atoms with Crippen LogP contribution in [0.25, 0.3) is 0 Å². The van der Waals surface area contributed by atoms with Gasteiger partial charge in [-0.3, -0.25) is 9.59 Å². The molecule has 3 amide bonds. The lowest BCUT2D eigenvalue weighted by atomic mass is 9.96. The lowest BCUT2D eigenvalue weighted by molar-refractivity contribution is -0.143. The van der Waals surface area contributed by atoms with Gasteiger partial charge in [0.2, 0.25) is 11.8 Å². The van der Waals surface area contributed by atoms with Gasteiger partial charge in [0.15, 0.2) is 0 Å². The molecule has 1 rings (SSSR count). The molecule has 0 fully saturated rings. The van der Waals surface area contributed by atoms with Crippen molar-refractivity contribution in [2.45, 2.75) is 131 Å². The molecule has 0 spiro atoms. The largest absolute Gasteiger partial charge is 0.507 e. The number of nitrogens with zero attached hydrogens (tertiary/aromatic N) is 1. The van der Waals surface area contributed by atoms with E-state index in [2.05, 4.69) is 24.5 Å². The van der Waals surface area contributed by atoms with Crippen molar-refractivity contribution in [3.8, 4) is 5.75 Å². The highest BCUT2D eigenvalue weighted by molar-refractivity contribution is 5.92. The van der Waals surface area contributed by atoms with Gasteiger partial charge in [-0.15, -0.1) is 0 Å². The van der Waals surface area contributed by atoms with Gasteiger partial charge in [0.25, 0.3) is 0 Å². The van der Waals surface area contributed by atoms with E-state index in [9.17, 15) is 19.5 Å². The summed E-state index contributed by atoms with van der Waals surface area (Å²) in [5.41, 5.74) is 0.286. The standard InChI is InChI=1S/C32H55N3O5/c1-9-11-13-14-15-17-22-35(30(38)26(23(3)4)34-31(39)40-32(6,7)8)27(29(37)33-21-16-12-10-2)25-20-18-19-24(5)28(25)36/h18-20,23,26-27,36H,9-17,21-22H2,1-8H3,(H,33,37)(H,34,39). The van der Waals surface area contributed by atoms with Gasteiger partial charge in [-0.2, -0.15) is 0 Å². The van der Waals surface area contributed by atoms with Crippen LogP contribution in [0.1, 0.15) is 123 Å². The Labute approximate surface area is 242 Å². The Morgan fingerprint density at radius 3 is 2.15 bits per heavy atom. The molecule has 228 valence electrons. The zero-order chi connectivity index (χ0) is 30.3. The number of hydrogen-bond donors (Lipinski definition) is 3. The first-order valence-electron chi connectivity index (χ1n) is 15.2. The molecule has 1 aromatic rings. The molecule has 0 aliphatic carbocycles. The Morgan fingerprint density at radius 1 is 0.950 bits per heavy atom. The maximum atomic E-state index is 14.2. The average molecular weight is 562 g/mol. The lowest BCUT2D eigenvalue weighted by Crippen LogP contribution is -2.55. The first-order valence-corrected chi connectivity index (χ1v) is 15.2. The number of amides is 3. The zero-order valence-corrected chi connectivity index (χ0v) is 26.3. The number of phenolic OH excluding ortho intramolecular Hbond substituents is 1. The van der Waals surface area contributed by atoms with Crippen molar-refractivity contribution >= 4 is 17.9 Å². The average Bonchev–Trinajstić information content (AvgIpc) is 2.87. The van der Waals surface area contributed by atoms with Gasteiger partial charge in [0, 0.05) is 18.7 Å². The van der Waals surface area contributed by atoms with Crippen LogP contribution < -0.4 is 10.6 Å². The molecule has 0 aliphatic heterocycles. The number of carbonyl (C=O) groups is 3. The minimum atomic E-state index is -1.04. The predicted octanol–water partition coefficient (Wildman–Crippen LogP) is 6.79. The van der Waals surface area contributed by atoms with Crippen LogP contribution in [0.5, 0.6) is 5.75 Å². The summed E-state index contributed by atoms with van der Waals surface area (Å²) in [7, 11) is 0. The maximum absolute atomic E-state index is 14.2. The number of rotatable bonds is 17. The van der Waals surface area contributed by atoms with Gasteiger partial charge in [-0.05, 0) is 52.0 Å². The second kappa shape index (κ2) is 17.8. The Balaban J connectivity index is 3.45. The van der Waals surface area contributed by atoms with Crippen LogP contribution in [-0.2, 0) is 14.3 Å². The van der Waals surface area contributed by atoms with Gasteiger partial charge < -0.3 is 25.4 Å². The molecular weight excluding hydrogens is 506 g/mol. The van der Waals surface area contributed by atoms with E-state index >= 15 is 0 Å². The molecule has 2 atom stereocenters. The third-order valence-electron chi connectivity index (χ3n) is 6.84. The van der Waals surface area contributed by atoms with Crippen LogP contribution in [0, 0.1) is 12.8 Å². The summed E-state index contributed by atoms with van der Waals surface area (Å²) in [6.07, 6.45) is 8.25. The third kappa shape index (κ3) is 12.2. The van der Waals surface area contributed by atoms with E-state index < -0.39 is 23.8 Å². The van der Waals surface area contributed by atoms with Crippen LogP contribution in [0.4, 0.5) is 4.79 Å². The number of benzene rings is 1. The summed E-state index contributed by atoms with van der Waals surface area (Å²) in [6, 6.07) is 3.32. The van der Waals surface area contributed by atoms with Crippen LogP contribution in [0.15, 0.2) is 18.2 Å². The van der Waals surface area contributed by atoms with Gasteiger partial charge in [0.05, 0.1) is 0 Å². The summed E-state index contributed by atoms with van der Waals surface area (Å²) < 4.78 is 5.45. The number of ether oxygens (including phenoxy) is 1. The van der Waals surface area contributed by atoms with Crippen LogP contribution in [0.3, 0.4) is 0 Å². The highest BCUT2D eigenvalue weighted by Gasteiger charge is 2.38. The van der Waals surface area contributed by atoms with Crippen molar-refractivity contribution in [1.82, 2.24) is 15.5 Å². The fourth-order valence-corrected chi connectivity index (χ4v) is 4.59.